The largest absolute Gasteiger partial charge is 0.449 e. The number of aryl methyl sites for hydroxylation is 1. The molecule has 0 spiro atoms. The van der Waals surface area contributed by atoms with Crippen molar-refractivity contribution in [1.82, 2.24) is 0 Å². The third-order valence-electron chi connectivity index (χ3n) is 3.54. The highest BCUT2D eigenvalue weighted by Gasteiger charge is 2.21. The van der Waals surface area contributed by atoms with Crippen LogP contribution in [0.1, 0.15) is 22.8 Å². The van der Waals surface area contributed by atoms with E-state index in [1.54, 1.807) is 19.1 Å². The predicted octanol–water partition coefficient (Wildman–Crippen LogP) is 4.08. The van der Waals surface area contributed by atoms with Crippen molar-refractivity contribution in [2.75, 3.05) is 11.1 Å². The van der Waals surface area contributed by atoms with E-state index in [-0.39, 0.29) is 5.56 Å². The molecule has 26 heavy (non-hydrogen) atoms. The van der Waals surface area contributed by atoms with Crippen molar-refractivity contribution in [3.05, 3.63) is 53.6 Å². The zero-order valence-electron chi connectivity index (χ0n) is 14.2. The molecule has 0 aromatic heterocycles. The molecule has 0 radical (unpaired) electrons. The predicted molar refractivity (Wildman–Crippen MR) is 97.4 cm³/mol. The second-order valence-electron chi connectivity index (χ2n) is 5.48. The Bertz CT molecular complexity index is 798. The van der Waals surface area contributed by atoms with Crippen molar-refractivity contribution in [3.8, 4) is 0 Å². The van der Waals surface area contributed by atoms with Crippen LogP contribution in [0.4, 0.5) is 20.2 Å². The number of benzene rings is 2. The lowest BCUT2D eigenvalue weighted by Crippen LogP contribution is -2.30. The fourth-order valence-electron chi connectivity index (χ4n) is 2.10. The maximum Gasteiger partial charge on any atom is 0.341 e. The average molecular weight is 380 g/mol. The Morgan fingerprint density at radius 3 is 2.42 bits per heavy atom. The smallest absolute Gasteiger partial charge is 0.341 e. The lowest BCUT2D eigenvalue weighted by atomic mass is 10.1. The molecule has 0 saturated carbocycles. The maximum atomic E-state index is 12.3. The van der Waals surface area contributed by atoms with E-state index in [9.17, 15) is 18.4 Å². The van der Waals surface area contributed by atoms with Crippen LogP contribution in [0.3, 0.4) is 0 Å². The van der Waals surface area contributed by atoms with E-state index in [1.807, 2.05) is 0 Å². The van der Waals surface area contributed by atoms with Crippen molar-refractivity contribution in [2.24, 2.45) is 0 Å². The third-order valence-corrected chi connectivity index (χ3v) is 4.27. The van der Waals surface area contributed by atoms with Gasteiger partial charge in [-0.05, 0) is 49.7 Å². The number of para-hydroxylation sites is 1. The van der Waals surface area contributed by atoms with Crippen LogP contribution >= 0.6 is 11.8 Å². The van der Waals surface area contributed by atoms with Gasteiger partial charge in [0.05, 0.1) is 5.56 Å². The number of alkyl halides is 2. The first-order chi connectivity index (χ1) is 12.3. The molecule has 1 amide bonds. The number of halogens is 2. The summed E-state index contributed by atoms with van der Waals surface area (Å²) in [6, 6.07) is 10.9. The minimum atomic E-state index is -2.51. The second kappa shape index (κ2) is 8.66. The van der Waals surface area contributed by atoms with Gasteiger partial charge in [0.2, 0.25) is 0 Å². The number of hydrogen-bond donors (Lipinski definition) is 2. The lowest BCUT2D eigenvalue weighted by Gasteiger charge is -2.15. The van der Waals surface area contributed by atoms with E-state index in [0.717, 1.165) is 5.56 Å². The van der Waals surface area contributed by atoms with Gasteiger partial charge in [0.25, 0.3) is 11.7 Å². The summed E-state index contributed by atoms with van der Waals surface area (Å²) in [5.74, 6) is -3.75. The summed E-state index contributed by atoms with van der Waals surface area (Å²) in [5, 5.41) is 2.56. The minimum Gasteiger partial charge on any atom is -0.449 e. The third kappa shape index (κ3) is 5.19. The van der Waals surface area contributed by atoms with Gasteiger partial charge in [0.15, 0.2) is 6.10 Å². The highest BCUT2D eigenvalue weighted by molar-refractivity contribution is 7.99. The van der Waals surface area contributed by atoms with Crippen LogP contribution in [0.15, 0.2) is 47.4 Å². The Morgan fingerprint density at radius 2 is 1.81 bits per heavy atom. The normalized spacial score (nSPS) is 11.9. The molecule has 0 unspecified atom stereocenters. The van der Waals surface area contributed by atoms with Crippen LogP contribution < -0.4 is 11.1 Å². The zero-order valence-corrected chi connectivity index (χ0v) is 15.0. The summed E-state index contributed by atoms with van der Waals surface area (Å²) < 4.78 is 29.7. The Kier molecular flexibility index (Phi) is 6.57. The number of rotatable bonds is 6. The quantitative estimate of drug-likeness (QED) is 0.448. The number of nitrogens with one attached hydrogen (secondary N) is 1. The molecule has 2 aromatic carbocycles. The number of nitrogens with two attached hydrogens (primary N) is 1. The molecular weight excluding hydrogens is 362 g/mol. The molecule has 0 fully saturated rings. The van der Waals surface area contributed by atoms with Crippen LogP contribution in [0.2, 0.25) is 0 Å². The van der Waals surface area contributed by atoms with Gasteiger partial charge in [-0.2, -0.15) is 8.78 Å². The second-order valence-corrected chi connectivity index (χ2v) is 6.54. The molecule has 3 N–H and O–H groups in total. The van der Waals surface area contributed by atoms with Gasteiger partial charge < -0.3 is 15.8 Å². The first kappa shape index (κ1) is 19.7. The number of thioether (sulfide) groups is 1. The lowest BCUT2D eigenvalue weighted by molar-refractivity contribution is -0.123. The standard InChI is InChI=1S/C18H18F2N2O3S/c1-10-4-3-5-14(15(10)21)17(24)25-11(2)16(23)22-12-6-8-13(9-7-12)26-18(19)20/h3-9,11,18H,21H2,1-2H3,(H,22,23)/t11-/m0/s1. The molecule has 0 heterocycles. The number of ether oxygens (including phenoxy) is 1. The summed E-state index contributed by atoms with van der Waals surface area (Å²) in [6.45, 7) is 3.19. The number of carbonyl (C=O) groups is 2. The summed E-state index contributed by atoms with van der Waals surface area (Å²) in [4.78, 5) is 24.7. The van der Waals surface area contributed by atoms with Gasteiger partial charge in [-0.1, -0.05) is 23.9 Å². The molecule has 2 aromatic rings. The SMILES string of the molecule is Cc1cccc(C(=O)O[C@@H](C)C(=O)Nc2ccc(SC(F)F)cc2)c1N. The van der Waals surface area contributed by atoms with E-state index >= 15 is 0 Å². The van der Waals surface area contributed by atoms with E-state index in [4.69, 9.17) is 10.5 Å². The zero-order chi connectivity index (χ0) is 19.3. The summed E-state index contributed by atoms with van der Waals surface area (Å²) in [6.07, 6.45) is -1.06. The Labute approximate surface area is 153 Å². The van der Waals surface area contributed by atoms with E-state index < -0.39 is 23.7 Å². The molecule has 0 bridgehead atoms. The highest BCUT2D eigenvalue weighted by atomic mass is 32.2. The van der Waals surface area contributed by atoms with Crippen LogP contribution in [0, 0.1) is 6.92 Å². The van der Waals surface area contributed by atoms with Gasteiger partial charge >= 0.3 is 5.97 Å². The number of esters is 1. The first-order valence-electron chi connectivity index (χ1n) is 7.69. The molecule has 8 heteroatoms. The van der Waals surface area contributed by atoms with Crippen molar-refractivity contribution in [1.29, 1.82) is 0 Å². The number of anilines is 2. The Morgan fingerprint density at radius 1 is 1.15 bits per heavy atom. The molecule has 5 nitrogen and oxygen atoms in total. The van der Waals surface area contributed by atoms with Crippen molar-refractivity contribution >= 4 is 35.0 Å². The fourth-order valence-corrected chi connectivity index (χ4v) is 2.60. The monoisotopic (exact) mass is 380 g/mol. The summed E-state index contributed by atoms with van der Waals surface area (Å²) in [7, 11) is 0. The average Bonchev–Trinajstić information content (AvgIpc) is 2.58. The first-order valence-corrected chi connectivity index (χ1v) is 8.57. The van der Waals surface area contributed by atoms with Gasteiger partial charge in [-0.15, -0.1) is 0 Å². The molecule has 0 aliphatic rings. The molecule has 1 atom stereocenters. The molecule has 0 aliphatic heterocycles. The van der Waals surface area contributed by atoms with Crippen molar-refractivity contribution < 1.29 is 23.1 Å². The fraction of sp³-hybridized carbons (Fsp3) is 0.222. The molecular formula is C18H18F2N2O3S. The van der Waals surface area contributed by atoms with Crippen LogP contribution in [0.25, 0.3) is 0 Å². The number of nitrogen functional groups attached to an aromatic ring is 1. The van der Waals surface area contributed by atoms with E-state index in [2.05, 4.69) is 5.32 Å². The summed E-state index contributed by atoms with van der Waals surface area (Å²) in [5.41, 5.74) is 7.49. The molecule has 0 saturated heterocycles. The van der Waals surface area contributed by atoms with E-state index in [1.165, 1.54) is 37.3 Å². The number of hydrogen-bond acceptors (Lipinski definition) is 5. The van der Waals surface area contributed by atoms with Gasteiger partial charge in [-0.3, -0.25) is 4.79 Å². The van der Waals surface area contributed by atoms with Crippen molar-refractivity contribution in [2.45, 2.75) is 30.6 Å². The van der Waals surface area contributed by atoms with E-state index in [0.29, 0.717) is 28.0 Å². The Balaban J connectivity index is 1.97. The Hall–Kier alpha value is -2.61. The van der Waals surface area contributed by atoms with Gasteiger partial charge in [-0.25, -0.2) is 4.79 Å². The molecule has 138 valence electrons. The molecule has 2 rings (SSSR count). The van der Waals surface area contributed by atoms with Gasteiger partial charge in [0, 0.05) is 16.3 Å². The number of carbonyl (C=O) groups excluding carboxylic acids is 2. The van der Waals surface area contributed by atoms with Crippen molar-refractivity contribution in [3.63, 3.8) is 0 Å². The van der Waals surface area contributed by atoms with Crippen LogP contribution in [-0.2, 0) is 9.53 Å². The van der Waals surface area contributed by atoms with Gasteiger partial charge in [0.1, 0.15) is 0 Å². The summed E-state index contributed by atoms with van der Waals surface area (Å²) >= 11 is 0.414. The minimum absolute atomic E-state index is 0.193. The highest BCUT2D eigenvalue weighted by Crippen LogP contribution is 2.26. The van der Waals surface area contributed by atoms with Crippen LogP contribution in [0.5, 0.6) is 0 Å². The number of amides is 1. The maximum absolute atomic E-state index is 12.3. The topological polar surface area (TPSA) is 81.4 Å². The molecule has 0 aliphatic carbocycles. The van der Waals surface area contributed by atoms with Crippen LogP contribution in [-0.4, -0.2) is 23.7 Å².